The van der Waals surface area contributed by atoms with Crippen molar-refractivity contribution in [3.8, 4) is 0 Å². The summed E-state index contributed by atoms with van der Waals surface area (Å²) in [4.78, 5) is 12.5. The van der Waals surface area contributed by atoms with Crippen molar-refractivity contribution in [2.45, 2.75) is 5.54 Å². The summed E-state index contributed by atoms with van der Waals surface area (Å²) in [5.74, 6) is 0. The van der Waals surface area contributed by atoms with E-state index in [2.05, 4.69) is 70.9 Å². The van der Waals surface area contributed by atoms with Crippen molar-refractivity contribution in [3.05, 3.63) is 119 Å². The third-order valence-electron chi connectivity index (χ3n) is 5.36. The Labute approximate surface area is 177 Å². The second kappa shape index (κ2) is 7.21. The molecule has 5 rings (SSSR count). The van der Waals surface area contributed by atoms with Gasteiger partial charge in [-0.15, -0.1) is 10.0 Å². The van der Waals surface area contributed by atoms with Crippen LogP contribution in [0.15, 0.2) is 107 Å². The minimum absolute atomic E-state index is 0.313. The zero-order chi connectivity index (χ0) is 19.7. The highest BCUT2D eigenvalue weighted by molar-refractivity contribution is 7.16. The molecule has 0 bridgehead atoms. The maximum Gasteiger partial charge on any atom is 0.218 e. The highest BCUT2D eigenvalue weighted by atomic mass is 32.1. The molecule has 0 unspecified atom stereocenters. The van der Waals surface area contributed by atoms with Crippen molar-refractivity contribution in [1.29, 1.82) is 0 Å². The number of hydrogen-bond acceptors (Lipinski definition) is 4. The van der Waals surface area contributed by atoms with E-state index >= 15 is 0 Å². The number of benzene rings is 2. The van der Waals surface area contributed by atoms with Crippen LogP contribution >= 0.6 is 22.7 Å². The first-order valence-electron chi connectivity index (χ1n) is 9.35. The van der Waals surface area contributed by atoms with Crippen LogP contribution in [0.2, 0.25) is 0 Å². The number of rotatable bonds is 5. The van der Waals surface area contributed by atoms with Crippen LogP contribution in [0.4, 0.5) is 10.0 Å². The Morgan fingerprint density at radius 3 is 1.66 bits per heavy atom. The monoisotopic (exact) mass is 415 g/mol. The highest BCUT2D eigenvalue weighted by Crippen LogP contribution is 2.50. The van der Waals surface area contributed by atoms with Gasteiger partial charge in [0, 0.05) is 12.1 Å². The van der Waals surface area contributed by atoms with Gasteiger partial charge in [-0.3, -0.25) is 4.79 Å². The molecular weight excluding hydrogens is 396 g/mol. The standard InChI is InChI=1S/C24H19N2OS2/c27-18-21-17-26(22-13-7-15-28-22,23-14-8-16-29-23)25-24(21,19-9-3-1-4-10-19)20-11-5-2-6-12-20/h1-18,25H/q+1. The molecule has 5 heteroatoms. The van der Waals surface area contributed by atoms with Gasteiger partial charge in [0.05, 0.1) is 5.57 Å². The second-order valence-corrected chi connectivity index (χ2v) is 8.77. The van der Waals surface area contributed by atoms with Gasteiger partial charge in [0.1, 0.15) is 6.20 Å². The molecule has 0 aliphatic carbocycles. The van der Waals surface area contributed by atoms with Gasteiger partial charge in [0.15, 0.2) is 11.8 Å². The van der Waals surface area contributed by atoms with Crippen LogP contribution in [-0.2, 0) is 10.3 Å². The normalized spacial score (nSPS) is 17.0. The maximum atomic E-state index is 12.5. The Morgan fingerprint density at radius 2 is 1.24 bits per heavy atom. The summed E-state index contributed by atoms with van der Waals surface area (Å²) < 4.78 is 0.313. The van der Waals surface area contributed by atoms with Gasteiger partial charge in [0.2, 0.25) is 10.0 Å². The van der Waals surface area contributed by atoms with Gasteiger partial charge in [-0.25, -0.2) is 0 Å². The van der Waals surface area contributed by atoms with Crippen LogP contribution < -0.4 is 10.0 Å². The number of thiophene rings is 2. The van der Waals surface area contributed by atoms with Gasteiger partial charge in [-0.05, 0) is 34.0 Å². The van der Waals surface area contributed by atoms with Crippen LogP contribution in [-0.4, -0.2) is 6.29 Å². The Morgan fingerprint density at radius 1 is 0.724 bits per heavy atom. The second-order valence-electron chi connectivity index (χ2n) is 6.92. The number of nitrogens with zero attached hydrogens (tertiary/aromatic N) is 1. The molecule has 0 fully saturated rings. The van der Waals surface area contributed by atoms with Crippen molar-refractivity contribution >= 4 is 39.0 Å². The fraction of sp³-hybridized carbons (Fsp3) is 0.0417. The van der Waals surface area contributed by atoms with Crippen molar-refractivity contribution in [2.75, 3.05) is 0 Å². The number of carbonyl (C=O) groups is 1. The molecule has 0 saturated carbocycles. The molecule has 0 spiro atoms. The van der Waals surface area contributed by atoms with Gasteiger partial charge in [-0.2, -0.15) is 0 Å². The average Bonchev–Trinajstić information content (AvgIpc) is 3.55. The van der Waals surface area contributed by atoms with Crippen LogP contribution in [0.5, 0.6) is 0 Å². The maximum absolute atomic E-state index is 12.5. The van der Waals surface area contributed by atoms with Crippen molar-refractivity contribution < 1.29 is 4.79 Å². The van der Waals surface area contributed by atoms with E-state index < -0.39 is 5.54 Å². The summed E-state index contributed by atoms with van der Waals surface area (Å²) in [6.45, 7) is 0. The molecule has 3 heterocycles. The molecule has 142 valence electrons. The first-order chi connectivity index (χ1) is 14.3. The molecule has 0 saturated heterocycles. The lowest BCUT2D eigenvalue weighted by Crippen LogP contribution is -2.56. The van der Waals surface area contributed by atoms with E-state index in [4.69, 9.17) is 0 Å². The number of aldehydes is 1. The lowest BCUT2D eigenvalue weighted by atomic mass is 9.79. The fourth-order valence-electron chi connectivity index (χ4n) is 4.08. The summed E-state index contributed by atoms with van der Waals surface area (Å²) in [6.07, 6.45) is 3.05. The van der Waals surface area contributed by atoms with Crippen LogP contribution in [0.25, 0.3) is 0 Å². The van der Waals surface area contributed by atoms with Crippen LogP contribution in [0.3, 0.4) is 0 Å². The van der Waals surface area contributed by atoms with E-state index in [1.807, 2.05) is 36.4 Å². The molecule has 0 radical (unpaired) electrons. The Hall–Kier alpha value is -2.83. The Bertz CT molecular complexity index is 1060. The molecular formula is C24H19N2OS2+. The van der Waals surface area contributed by atoms with E-state index in [-0.39, 0.29) is 0 Å². The largest absolute Gasteiger partial charge is 0.298 e. The van der Waals surface area contributed by atoms with Crippen molar-refractivity contribution in [3.63, 3.8) is 0 Å². The highest BCUT2D eigenvalue weighted by Gasteiger charge is 2.55. The van der Waals surface area contributed by atoms with Gasteiger partial charge in [0.25, 0.3) is 0 Å². The van der Waals surface area contributed by atoms with Gasteiger partial charge >= 0.3 is 0 Å². The molecule has 2 aromatic heterocycles. The van der Waals surface area contributed by atoms with Crippen molar-refractivity contribution in [1.82, 2.24) is 10.0 Å². The van der Waals surface area contributed by atoms with E-state index in [1.165, 1.54) is 0 Å². The SMILES string of the molecule is O=CC1=C[N+](c2cccs2)(c2cccs2)NC1(c1ccccc1)c1ccccc1. The van der Waals surface area contributed by atoms with E-state index in [1.54, 1.807) is 22.7 Å². The van der Waals surface area contributed by atoms with E-state index in [0.717, 1.165) is 27.4 Å². The number of nitrogens with one attached hydrogen (secondary N) is 1. The quantitative estimate of drug-likeness (QED) is 0.320. The van der Waals surface area contributed by atoms with Crippen LogP contribution in [0, 0.1) is 0 Å². The fourth-order valence-corrected chi connectivity index (χ4v) is 5.77. The molecule has 1 aliphatic heterocycles. The minimum atomic E-state index is -0.752. The first kappa shape index (κ1) is 18.2. The average molecular weight is 416 g/mol. The molecule has 29 heavy (non-hydrogen) atoms. The summed E-state index contributed by atoms with van der Waals surface area (Å²) in [5.41, 5.74) is 5.92. The Kier molecular flexibility index (Phi) is 4.53. The van der Waals surface area contributed by atoms with Crippen LogP contribution in [0.1, 0.15) is 11.1 Å². The smallest absolute Gasteiger partial charge is 0.218 e. The third kappa shape index (κ3) is 2.74. The molecule has 1 aliphatic rings. The van der Waals surface area contributed by atoms with E-state index in [0.29, 0.717) is 10.2 Å². The number of hydrogen-bond donors (Lipinski definition) is 1. The molecule has 0 amide bonds. The zero-order valence-electron chi connectivity index (χ0n) is 15.6. The topological polar surface area (TPSA) is 29.1 Å². The minimum Gasteiger partial charge on any atom is -0.298 e. The summed E-state index contributed by atoms with van der Waals surface area (Å²) in [5, 5.41) is 6.37. The molecule has 0 atom stereocenters. The first-order valence-corrected chi connectivity index (χ1v) is 11.1. The molecule has 3 nitrogen and oxygen atoms in total. The molecule has 2 aromatic carbocycles. The summed E-state index contributed by atoms with van der Waals surface area (Å²) in [6, 6.07) is 28.8. The van der Waals surface area contributed by atoms with Gasteiger partial charge < -0.3 is 0 Å². The number of quaternary nitrogens is 1. The molecule has 1 N–H and O–H groups in total. The lowest BCUT2D eigenvalue weighted by Gasteiger charge is -2.36. The summed E-state index contributed by atoms with van der Waals surface area (Å²) in [7, 11) is 0. The van der Waals surface area contributed by atoms with Crippen molar-refractivity contribution in [2.24, 2.45) is 0 Å². The van der Waals surface area contributed by atoms with E-state index in [9.17, 15) is 4.79 Å². The Balaban J connectivity index is 1.82. The lowest BCUT2D eigenvalue weighted by molar-refractivity contribution is -0.105. The van der Waals surface area contributed by atoms with Gasteiger partial charge in [-0.1, -0.05) is 83.3 Å². The predicted molar refractivity (Wildman–Crippen MR) is 121 cm³/mol. The zero-order valence-corrected chi connectivity index (χ0v) is 17.2. The molecule has 4 aromatic rings. The number of carbonyl (C=O) groups excluding carboxylic acids is 1. The predicted octanol–water partition coefficient (Wildman–Crippen LogP) is 5.99. The summed E-state index contributed by atoms with van der Waals surface area (Å²) >= 11 is 3.35. The third-order valence-corrected chi connectivity index (χ3v) is 7.28.